The second-order valence-corrected chi connectivity index (χ2v) is 5.84. The van der Waals surface area contributed by atoms with Crippen molar-refractivity contribution in [3.8, 4) is 0 Å². The van der Waals surface area contributed by atoms with Crippen LogP contribution in [-0.2, 0) is 10.2 Å². The molecule has 0 aliphatic heterocycles. The summed E-state index contributed by atoms with van der Waals surface area (Å²) in [5, 5.41) is 3.08. The highest BCUT2D eigenvalue weighted by Gasteiger charge is 2.52. The zero-order valence-corrected chi connectivity index (χ0v) is 12.6. The van der Waals surface area contributed by atoms with Crippen molar-refractivity contribution in [1.29, 1.82) is 0 Å². The van der Waals surface area contributed by atoms with Gasteiger partial charge in [-0.05, 0) is 24.8 Å². The Hall–Kier alpha value is -0.730. The molecule has 0 bridgehead atoms. The van der Waals surface area contributed by atoms with Gasteiger partial charge in [0.15, 0.2) is 0 Å². The molecule has 1 fully saturated rings. The molecule has 4 heteroatoms. The van der Waals surface area contributed by atoms with Gasteiger partial charge < -0.3 is 5.32 Å². The van der Waals surface area contributed by atoms with Crippen LogP contribution in [-0.4, -0.2) is 23.2 Å². The standard InChI is InChI=1S/C15H19Cl2NO/c1-2-14(10-16,11-17)18-13(19)15(8-9-15)12-6-4-3-5-7-12/h3-7H,2,8-11H2,1H3,(H,18,19). The van der Waals surface area contributed by atoms with E-state index in [1.54, 1.807) is 0 Å². The van der Waals surface area contributed by atoms with Crippen molar-refractivity contribution in [3.05, 3.63) is 35.9 Å². The molecule has 0 unspecified atom stereocenters. The van der Waals surface area contributed by atoms with E-state index in [-0.39, 0.29) is 11.3 Å². The number of amides is 1. The highest BCUT2D eigenvalue weighted by atomic mass is 35.5. The smallest absolute Gasteiger partial charge is 0.231 e. The molecule has 0 spiro atoms. The second kappa shape index (κ2) is 5.72. The van der Waals surface area contributed by atoms with Crippen LogP contribution in [0.15, 0.2) is 30.3 Å². The largest absolute Gasteiger partial charge is 0.347 e. The Bertz CT molecular complexity index is 430. The average Bonchev–Trinajstić information content (AvgIpc) is 3.27. The van der Waals surface area contributed by atoms with E-state index >= 15 is 0 Å². The number of rotatable bonds is 6. The Morgan fingerprint density at radius 2 is 1.84 bits per heavy atom. The number of benzene rings is 1. The maximum atomic E-state index is 12.6. The number of alkyl halides is 2. The fourth-order valence-corrected chi connectivity index (χ4v) is 3.07. The fraction of sp³-hybridized carbons (Fsp3) is 0.533. The molecule has 104 valence electrons. The van der Waals surface area contributed by atoms with Gasteiger partial charge >= 0.3 is 0 Å². The summed E-state index contributed by atoms with van der Waals surface area (Å²) in [6.07, 6.45) is 2.52. The molecule has 2 rings (SSSR count). The third-order valence-electron chi connectivity index (χ3n) is 4.08. The summed E-state index contributed by atoms with van der Waals surface area (Å²) in [4.78, 5) is 12.6. The minimum atomic E-state index is -0.495. The van der Waals surface area contributed by atoms with Gasteiger partial charge in [0.1, 0.15) is 0 Å². The predicted molar refractivity (Wildman–Crippen MR) is 80.0 cm³/mol. The van der Waals surface area contributed by atoms with Crippen molar-refractivity contribution in [3.63, 3.8) is 0 Å². The molecule has 1 N–H and O–H groups in total. The first-order valence-electron chi connectivity index (χ1n) is 6.62. The molecule has 1 amide bonds. The Kier molecular flexibility index (Phi) is 4.42. The monoisotopic (exact) mass is 299 g/mol. The summed E-state index contributed by atoms with van der Waals surface area (Å²) >= 11 is 12.0. The Morgan fingerprint density at radius 1 is 1.26 bits per heavy atom. The van der Waals surface area contributed by atoms with Crippen molar-refractivity contribution in [2.75, 3.05) is 11.8 Å². The van der Waals surface area contributed by atoms with E-state index in [4.69, 9.17) is 23.2 Å². The topological polar surface area (TPSA) is 29.1 Å². The van der Waals surface area contributed by atoms with Crippen LogP contribution in [0.2, 0.25) is 0 Å². The van der Waals surface area contributed by atoms with E-state index in [1.165, 1.54) is 0 Å². The lowest BCUT2D eigenvalue weighted by atomic mass is 9.92. The molecule has 1 saturated carbocycles. The van der Waals surface area contributed by atoms with Crippen molar-refractivity contribution >= 4 is 29.1 Å². The summed E-state index contributed by atoms with van der Waals surface area (Å²) in [5.74, 6) is 0.731. The van der Waals surface area contributed by atoms with E-state index in [0.717, 1.165) is 24.8 Å². The highest BCUT2D eigenvalue weighted by molar-refractivity contribution is 6.22. The van der Waals surface area contributed by atoms with Gasteiger partial charge in [0.05, 0.1) is 11.0 Å². The summed E-state index contributed by atoms with van der Waals surface area (Å²) in [7, 11) is 0. The van der Waals surface area contributed by atoms with Crippen LogP contribution in [0.4, 0.5) is 0 Å². The number of carbonyl (C=O) groups is 1. The van der Waals surface area contributed by atoms with Gasteiger partial charge in [-0.1, -0.05) is 37.3 Å². The van der Waals surface area contributed by atoms with Crippen molar-refractivity contribution in [2.24, 2.45) is 0 Å². The number of halogens is 2. The number of nitrogens with one attached hydrogen (secondary N) is 1. The van der Waals surface area contributed by atoms with E-state index in [0.29, 0.717) is 11.8 Å². The van der Waals surface area contributed by atoms with Gasteiger partial charge in [-0.2, -0.15) is 0 Å². The number of hydrogen-bond donors (Lipinski definition) is 1. The minimum Gasteiger partial charge on any atom is -0.347 e. The van der Waals surface area contributed by atoms with Gasteiger partial charge in [0.25, 0.3) is 0 Å². The number of carbonyl (C=O) groups excluding carboxylic acids is 1. The fourth-order valence-electron chi connectivity index (χ4n) is 2.27. The molecule has 1 aliphatic rings. The van der Waals surface area contributed by atoms with E-state index in [2.05, 4.69) is 5.32 Å². The van der Waals surface area contributed by atoms with Gasteiger partial charge in [-0.15, -0.1) is 23.2 Å². The van der Waals surface area contributed by atoms with E-state index < -0.39 is 5.54 Å². The summed E-state index contributed by atoms with van der Waals surface area (Å²) in [6, 6.07) is 9.94. The molecule has 2 nitrogen and oxygen atoms in total. The van der Waals surface area contributed by atoms with Gasteiger partial charge in [0.2, 0.25) is 5.91 Å². The van der Waals surface area contributed by atoms with Crippen LogP contribution in [0.1, 0.15) is 31.7 Å². The first-order chi connectivity index (χ1) is 9.12. The molecule has 0 atom stereocenters. The molecule has 19 heavy (non-hydrogen) atoms. The summed E-state index contributed by atoms with van der Waals surface area (Å²) < 4.78 is 0. The van der Waals surface area contributed by atoms with Gasteiger partial charge in [-0.3, -0.25) is 4.79 Å². The van der Waals surface area contributed by atoms with Crippen LogP contribution >= 0.6 is 23.2 Å². The van der Waals surface area contributed by atoms with E-state index in [9.17, 15) is 4.79 Å². The van der Waals surface area contributed by atoms with E-state index in [1.807, 2.05) is 37.3 Å². The number of hydrogen-bond acceptors (Lipinski definition) is 1. The first-order valence-corrected chi connectivity index (χ1v) is 7.69. The summed E-state index contributed by atoms with van der Waals surface area (Å²) in [5.41, 5.74) is 0.228. The molecule has 0 heterocycles. The van der Waals surface area contributed by atoms with Crippen LogP contribution in [0.5, 0.6) is 0 Å². The van der Waals surface area contributed by atoms with Crippen molar-refractivity contribution in [2.45, 2.75) is 37.1 Å². The lowest BCUT2D eigenvalue weighted by Gasteiger charge is -2.31. The molecular formula is C15H19Cl2NO. The molecule has 1 aliphatic carbocycles. The normalized spacial score (nSPS) is 17.0. The quantitative estimate of drug-likeness (QED) is 0.801. The third kappa shape index (κ3) is 2.75. The van der Waals surface area contributed by atoms with Crippen molar-refractivity contribution in [1.82, 2.24) is 5.32 Å². The van der Waals surface area contributed by atoms with Crippen LogP contribution in [0.25, 0.3) is 0 Å². The first kappa shape index (κ1) is 14.7. The zero-order valence-electron chi connectivity index (χ0n) is 11.1. The van der Waals surface area contributed by atoms with Gasteiger partial charge in [0, 0.05) is 11.8 Å². The van der Waals surface area contributed by atoms with Crippen LogP contribution in [0.3, 0.4) is 0 Å². The molecule has 0 saturated heterocycles. The minimum absolute atomic E-state index is 0.0573. The Balaban J connectivity index is 2.17. The van der Waals surface area contributed by atoms with Gasteiger partial charge in [-0.25, -0.2) is 0 Å². The predicted octanol–water partition coefficient (Wildman–Crippen LogP) is 3.46. The maximum absolute atomic E-state index is 12.6. The lowest BCUT2D eigenvalue weighted by molar-refractivity contribution is -0.125. The molecular weight excluding hydrogens is 281 g/mol. The molecule has 0 radical (unpaired) electrons. The highest BCUT2D eigenvalue weighted by Crippen LogP contribution is 2.48. The zero-order chi connectivity index (χ0) is 13.9. The second-order valence-electron chi connectivity index (χ2n) is 5.30. The summed E-state index contributed by atoms with van der Waals surface area (Å²) in [6.45, 7) is 1.99. The molecule has 1 aromatic rings. The van der Waals surface area contributed by atoms with Crippen LogP contribution in [0, 0.1) is 0 Å². The third-order valence-corrected chi connectivity index (χ3v) is 5.10. The maximum Gasteiger partial charge on any atom is 0.231 e. The molecule has 1 aromatic carbocycles. The Morgan fingerprint density at radius 3 is 2.26 bits per heavy atom. The average molecular weight is 300 g/mol. The Labute approximate surface area is 124 Å². The lowest BCUT2D eigenvalue weighted by Crippen LogP contribution is -2.54. The van der Waals surface area contributed by atoms with Crippen LogP contribution < -0.4 is 5.32 Å². The SMILES string of the molecule is CCC(CCl)(CCl)NC(=O)C1(c2ccccc2)CC1. The molecule has 0 aromatic heterocycles. The van der Waals surface area contributed by atoms with Crippen molar-refractivity contribution < 1.29 is 4.79 Å².